The zero-order valence-electron chi connectivity index (χ0n) is 17.5. The van der Waals surface area contributed by atoms with E-state index in [1.807, 2.05) is 43.3 Å². The number of benzene rings is 2. The summed E-state index contributed by atoms with van der Waals surface area (Å²) in [7, 11) is -3.38. The van der Waals surface area contributed by atoms with Gasteiger partial charge in [-0.25, -0.2) is 13.1 Å². The van der Waals surface area contributed by atoms with Gasteiger partial charge < -0.3 is 15.1 Å². The third-order valence-corrected chi connectivity index (χ3v) is 6.30. The monoisotopic (exact) mass is 429 g/mol. The fourth-order valence-electron chi connectivity index (χ4n) is 3.37. The van der Waals surface area contributed by atoms with Gasteiger partial charge >= 0.3 is 0 Å². The highest BCUT2D eigenvalue weighted by Gasteiger charge is 2.20. The van der Waals surface area contributed by atoms with Crippen molar-refractivity contribution in [2.24, 2.45) is 4.99 Å². The first-order valence-corrected chi connectivity index (χ1v) is 12.1. The zero-order valence-corrected chi connectivity index (χ0v) is 18.3. The number of nitrogens with zero attached hydrogens (tertiary/aromatic N) is 3. The van der Waals surface area contributed by atoms with Gasteiger partial charge in [0.2, 0.25) is 10.0 Å². The van der Waals surface area contributed by atoms with E-state index in [2.05, 4.69) is 49.1 Å². The van der Waals surface area contributed by atoms with Crippen molar-refractivity contribution in [3.05, 3.63) is 66.2 Å². The van der Waals surface area contributed by atoms with Crippen LogP contribution < -0.4 is 14.9 Å². The average Bonchev–Trinajstić information content (AvgIpc) is 2.79. The molecule has 0 unspecified atom stereocenters. The van der Waals surface area contributed by atoms with Gasteiger partial charge in [0, 0.05) is 45.0 Å². The third-order valence-electron chi connectivity index (χ3n) is 5.00. The van der Waals surface area contributed by atoms with Crippen LogP contribution in [0, 0.1) is 0 Å². The van der Waals surface area contributed by atoms with Crippen molar-refractivity contribution in [1.82, 2.24) is 14.9 Å². The van der Waals surface area contributed by atoms with Crippen LogP contribution in [-0.2, 0) is 16.6 Å². The van der Waals surface area contributed by atoms with Crippen molar-refractivity contribution in [1.29, 1.82) is 0 Å². The number of aliphatic imine (C=N–C) groups is 1. The Hall–Kier alpha value is -2.58. The molecular weight excluding hydrogens is 398 g/mol. The van der Waals surface area contributed by atoms with Crippen molar-refractivity contribution in [3.63, 3.8) is 0 Å². The van der Waals surface area contributed by atoms with Crippen molar-refractivity contribution < 1.29 is 8.42 Å². The van der Waals surface area contributed by atoms with Crippen molar-refractivity contribution >= 4 is 21.7 Å². The number of rotatable bonds is 8. The lowest BCUT2D eigenvalue weighted by Crippen LogP contribution is -2.52. The van der Waals surface area contributed by atoms with Gasteiger partial charge in [0.1, 0.15) is 0 Å². The summed E-state index contributed by atoms with van der Waals surface area (Å²) in [5, 5.41) is 3.29. The quantitative estimate of drug-likeness (QED) is 0.495. The molecule has 1 aliphatic heterocycles. The molecular formula is C22H31N5O2S. The standard InChI is InChI=1S/C22H31N5O2S/c1-2-23-22(27-16-14-26(15-17-27)21-11-7-4-8-12-21)24-13-18-30(28,29)25-19-20-9-5-3-6-10-20/h3-12,25H,2,13-19H2,1H3,(H,23,24). The zero-order chi connectivity index (χ0) is 21.2. The Kier molecular flexibility index (Phi) is 8.10. The highest BCUT2D eigenvalue weighted by atomic mass is 32.2. The summed E-state index contributed by atoms with van der Waals surface area (Å²) in [4.78, 5) is 9.13. The Morgan fingerprint density at radius 3 is 2.23 bits per heavy atom. The van der Waals surface area contributed by atoms with Crippen molar-refractivity contribution in [3.8, 4) is 0 Å². The molecule has 2 aromatic carbocycles. The SMILES string of the molecule is CCNC(=NCCS(=O)(=O)NCc1ccccc1)N1CCN(c2ccccc2)CC1. The highest BCUT2D eigenvalue weighted by molar-refractivity contribution is 7.89. The van der Waals surface area contributed by atoms with E-state index in [4.69, 9.17) is 0 Å². The molecule has 1 saturated heterocycles. The average molecular weight is 430 g/mol. The first-order chi connectivity index (χ1) is 14.6. The van der Waals surface area contributed by atoms with Crippen molar-refractivity contribution in [2.45, 2.75) is 13.5 Å². The number of hydrogen-bond acceptors (Lipinski definition) is 4. The third kappa shape index (κ3) is 6.74. The molecule has 7 nitrogen and oxygen atoms in total. The fraction of sp³-hybridized carbons (Fsp3) is 0.409. The summed E-state index contributed by atoms with van der Waals surface area (Å²) in [6.45, 7) is 6.81. The number of sulfonamides is 1. The molecule has 2 aromatic rings. The van der Waals surface area contributed by atoms with Gasteiger partial charge in [-0.05, 0) is 24.6 Å². The number of nitrogens with one attached hydrogen (secondary N) is 2. The maximum absolute atomic E-state index is 12.3. The molecule has 0 bridgehead atoms. The van der Waals surface area contributed by atoms with E-state index >= 15 is 0 Å². The van der Waals surface area contributed by atoms with Crippen LogP contribution in [0.3, 0.4) is 0 Å². The van der Waals surface area contributed by atoms with Gasteiger partial charge in [-0.15, -0.1) is 0 Å². The molecule has 2 N–H and O–H groups in total. The Labute approximate surface area is 179 Å². The molecule has 8 heteroatoms. The Morgan fingerprint density at radius 1 is 0.967 bits per heavy atom. The predicted molar refractivity (Wildman–Crippen MR) is 123 cm³/mol. The lowest BCUT2D eigenvalue weighted by atomic mass is 10.2. The number of hydrogen-bond donors (Lipinski definition) is 2. The van der Waals surface area contributed by atoms with E-state index < -0.39 is 10.0 Å². The molecule has 3 rings (SSSR count). The maximum atomic E-state index is 12.3. The van der Waals surface area contributed by atoms with Gasteiger partial charge in [0.15, 0.2) is 5.96 Å². The molecule has 1 fully saturated rings. The van der Waals surface area contributed by atoms with E-state index in [0.29, 0.717) is 6.54 Å². The lowest BCUT2D eigenvalue weighted by molar-refractivity contribution is 0.373. The normalized spacial score (nSPS) is 15.3. The highest BCUT2D eigenvalue weighted by Crippen LogP contribution is 2.15. The van der Waals surface area contributed by atoms with E-state index in [0.717, 1.165) is 44.2 Å². The Bertz CT molecular complexity index is 896. The summed E-state index contributed by atoms with van der Waals surface area (Å²) >= 11 is 0. The number of para-hydroxylation sites is 1. The van der Waals surface area contributed by atoms with Crippen LogP contribution in [0.4, 0.5) is 5.69 Å². The molecule has 0 spiro atoms. The summed E-state index contributed by atoms with van der Waals surface area (Å²) in [6.07, 6.45) is 0. The van der Waals surface area contributed by atoms with Crippen LogP contribution in [0.2, 0.25) is 0 Å². The molecule has 0 aliphatic carbocycles. The van der Waals surface area contributed by atoms with E-state index in [1.54, 1.807) is 0 Å². The first-order valence-electron chi connectivity index (χ1n) is 10.4. The molecule has 0 atom stereocenters. The molecule has 0 amide bonds. The summed E-state index contributed by atoms with van der Waals surface area (Å²) in [5.74, 6) is 0.752. The van der Waals surface area contributed by atoms with Crippen LogP contribution in [0.25, 0.3) is 0 Å². The molecule has 1 heterocycles. The van der Waals surface area contributed by atoms with Crippen LogP contribution >= 0.6 is 0 Å². The fourth-order valence-corrected chi connectivity index (χ4v) is 4.24. The summed E-state index contributed by atoms with van der Waals surface area (Å²) < 4.78 is 27.2. The summed E-state index contributed by atoms with van der Waals surface area (Å²) in [6, 6.07) is 19.9. The van der Waals surface area contributed by atoms with Crippen molar-refractivity contribution in [2.75, 3.05) is 49.9 Å². The lowest BCUT2D eigenvalue weighted by Gasteiger charge is -2.37. The topological polar surface area (TPSA) is 77.0 Å². The summed E-state index contributed by atoms with van der Waals surface area (Å²) in [5.41, 5.74) is 2.17. The van der Waals surface area contributed by atoms with Crippen LogP contribution in [0.5, 0.6) is 0 Å². The second-order valence-corrected chi connectivity index (χ2v) is 9.10. The van der Waals surface area contributed by atoms with Crippen LogP contribution in [0.1, 0.15) is 12.5 Å². The molecule has 1 aliphatic rings. The van der Waals surface area contributed by atoms with Gasteiger partial charge in [-0.2, -0.15) is 0 Å². The molecule has 0 saturated carbocycles. The predicted octanol–water partition coefficient (Wildman–Crippen LogP) is 1.89. The van der Waals surface area contributed by atoms with Gasteiger partial charge in [0.05, 0.1) is 12.3 Å². The molecule has 30 heavy (non-hydrogen) atoms. The Balaban J connectivity index is 1.50. The first kappa shape index (κ1) is 22.1. The molecule has 0 aromatic heterocycles. The number of guanidine groups is 1. The second-order valence-electron chi connectivity index (χ2n) is 7.17. The van der Waals surface area contributed by atoms with Gasteiger partial charge in [-0.1, -0.05) is 48.5 Å². The molecule has 162 valence electrons. The Morgan fingerprint density at radius 2 is 1.60 bits per heavy atom. The smallest absolute Gasteiger partial charge is 0.213 e. The van der Waals surface area contributed by atoms with E-state index in [1.165, 1.54) is 5.69 Å². The minimum Gasteiger partial charge on any atom is -0.368 e. The van der Waals surface area contributed by atoms with Gasteiger partial charge in [0.25, 0.3) is 0 Å². The largest absolute Gasteiger partial charge is 0.368 e. The second kappa shape index (κ2) is 11.0. The van der Waals surface area contributed by atoms with Crippen LogP contribution in [0.15, 0.2) is 65.7 Å². The van der Waals surface area contributed by atoms with Crippen LogP contribution in [-0.4, -0.2) is 64.3 Å². The number of anilines is 1. The maximum Gasteiger partial charge on any atom is 0.213 e. The van der Waals surface area contributed by atoms with E-state index in [9.17, 15) is 8.42 Å². The molecule has 0 radical (unpaired) electrons. The van der Waals surface area contributed by atoms with E-state index in [-0.39, 0.29) is 12.3 Å². The number of piperazine rings is 1. The minimum absolute atomic E-state index is 0.0291. The van der Waals surface area contributed by atoms with Gasteiger partial charge in [-0.3, -0.25) is 4.99 Å². The minimum atomic E-state index is -3.38.